The average molecular weight is 209 g/mol. The number of rotatable bonds is 3. The summed E-state index contributed by atoms with van der Waals surface area (Å²) >= 11 is 0. The molecule has 0 saturated carbocycles. The lowest BCUT2D eigenvalue weighted by atomic mass is 10.1. The standard InChI is InChI=1S/C11H15NO3/c1-7(8(2)11(14)15)10(13)12-9-5-3-4-6-9/h3-4,9H,5-6H2,1-2H3,(H,12,13)(H,14,15)/b8-7+. The van der Waals surface area contributed by atoms with Crippen LogP contribution in [0.4, 0.5) is 0 Å². The fourth-order valence-corrected chi connectivity index (χ4v) is 1.36. The van der Waals surface area contributed by atoms with Crippen LogP contribution in [0.3, 0.4) is 0 Å². The van der Waals surface area contributed by atoms with Crippen molar-refractivity contribution < 1.29 is 14.7 Å². The molecule has 1 rings (SSSR count). The molecule has 0 saturated heterocycles. The summed E-state index contributed by atoms with van der Waals surface area (Å²) < 4.78 is 0. The van der Waals surface area contributed by atoms with Crippen LogP contribution >= 0.6 is 0 Å². The highest BCUT2D eigenvalue weighted by molar-refractivity contribution is 6.01. The molecular formula is C11H15NO3. The first-order valence-electron chi connectivity index (χ1n) is 4.89. The maximum Gasteiger partial charge on any atom is 0.331 e. The summed E-state index contributed by atoms with van der Waals surface area (Å²) in [6, 6.07) is 0.119. The summed E-state index contributed by atoms with van der Waals surface area (Å²) in [5.41, 5.74) is 0.368. The van der Waals surface area contributed by atoms with E-state index in [0.29, 0.717) is 0 Å². The third kappa shape index (κ3) is 2.94. The molecule has 0 spiro atoms. The molecule has 0 bridgehead atoms. The Hall–Kier alpha value is -1.58. The van der Waals surface area contributed by atoms with Crippen LogP contribution in [0.1, 0.15) is 26.7 Å². The Morgan fingerprint density at radius 1 is 1.20 bits per heavy atom. The first-order chi connectivity index (χ1) is 7.02. The number of amides is 1. The minimum absolute atomic E-state index is 0.0958. The Kier molecular flexibility index (Phi) is 3.66. The fourth-order valence-electron chi connectivity index (χ4n) is 1.36. The second-order valence-electron chi connectivity index (χ2n) is 3.67. The lowest BCUT2D eigenvalue weighted by Gasteiger charge is -2.12. The van der Waals surface area contributed by atoms with Gasteiger partial charge in [0.05, 0.1) is 0 Å². The molecule has 82 valence electrons. The first-order valence-corrected chi connectivity index (χ1v) is 4.89. The topological polar surface area (TPSA) is 66.4 Å². The van der Waals surface area contributed by atoms with E-state index in [9.17, 15) is 9.59 Å². The summed E-state index contributed by atoms with van der Waals surface area (Å²) in [4.78, 5) is 22.2. The summed E-state index contributed by atoms with van der Waals surface area (Å²) in [7, 11) is 0. The lowest BCUT2D eigenvalue weighted by molar-refractivity contribution is -0.133. The number of nitrogens with one attached hydrogen (secondary N) is 1. The second-order valence-corrected chi connectivity index (χ2v) is 3.67. The number of carbonyl (C=O) groups excluding carboxylic acids is 1. The van der Waals surface area contributed by atoms with Crippen molar-refractivity contribution in [3.63, 3.8) is 0 Å². The SMILES string of the molecule is C/C(C(=O)O)=C(/C)C(=O)NC1CC=CC1. The lowest BCUT2D eigenvalue weighted by Crippen LogP contribution is -2.34. The molecule has 0 unspecified atom stereocenters. The van der Waals surface area contributed by atoms with Gasteiger partial charge in [0.15, 0.2) is 0 Å². The van der Waals surface area contributed by atoms with Gasteiger partial charge in [-0.2, -0.15) is 0 Å². The zero-order chi connectivity index (χ0) is 11.4. The quantitative estimate of drug-likeness (QED) is 0.543. The van der Waals surface area contributed by atoms with Gasteiger partial charge in [-0.05, 0) is 26.7 Å². The number of aliphatic carboxylic acids is 1. The van der Waals surface area contributed by atoms with Gasteiger partial charge in [-0.1, -0.05) is 12.2 Å². The normalized spacial score (nSPS) is 17.5. The van der Waals surface area contributed by atoms with E-state index in [0.717, 1.165) is 12.8 Å². The molecule has 0 aromatic carbocycles. The Balaban J connectivity index is 2.60. The van der Waals surface area contributed by atoms with E-state index in [2.05, 4.69) is 5.32 Å². The smallest absolute Gasteiger partial charge is 0.331 e. The van der Waals surface area contributed by atoms with E-state index in [1.165, 1.54) is 13.8 Å². The van der Waals surface area contributed by atoms with Gasteiger partial charge < -0.3 is 10.4 Å². The van der Waals surface area contributed by atoms with Crippen LogP contribution in [0.25, 0.3) is 0 Å². The molecule has 15 heavy (non-hydrogen) atoms. The minimum atomic E-state index is -1.05. The number of carboxylic acids is 1. The molecule has 0 aliphatic heterocycles. The molecule has 1 amide bonds. The van der Waals surface area contributed by atoms with Crippen molar-refractivity contribution in [1.29, 1.82) is 0 Å². The van der Waals surface area contributed by atoms with Crippen molar-refractivity contribution in [1.82, 2.24) is 5.32 Å². The van der Waals surface area contributed by atoms with Crippen molar-refractivity contribution in [2.75, 3.05) is 0 Å². The summed E-state index contributed by atoms with van der Waals surface area (Å²) in [5, 5.41) is 11.5. The Morgan fingerprint density at radius 2 is 1.73 bits per heavy atom. The molecule has 0 fully saturated rings. The molecule has 0 atom stereocenters. The largest absolute Gasteiger partial charge is 0.478 e. The molecule has 2 N–H and O–H groups in total. The number of hydrogen-bond donors (Lipinski definition) is 2. The van der Waals surface area contributed by atoms with Crippen molar-refractivity contribution >= 4 is 11.9 Å². The van der Waals surface area contributed by atoms with Gasteiger partial charge in [0.1, 0.15) is 0 Å². The zero-order valence-electron chi connectivity index (χ0n) is 8.91. The molecular weight excluding hydrogens is 194 g/mol. The molecule has 4 nitrogen and oxygen atoms in total. The Labute approximate surface area is 88.7 Å². The van der Waals surface area contributed by atoms with Crippen LogP contribution in [0.5, 0.6) is 0 Å². The van der Waals surface area contributed by atoms with Crippen LogP contribution in [-0.4, -0.2) is 23.0 Å². The van der Waals surface area contributed by atoms with Crippen LogP contribution in [0.2, 0.25) is 0 Å². The highest BCUT2D eigenvalue weighted by atomic mass is 16.4. The molecule has 4 heteroatoms. The van der Waals surface area contributed by atoms with E-state index in [1.54, 1.807) is 0 Å². The molecule has 0 aromatic rings. The molecule has 0 heterocycles. The highest BCUT2D eigenvalue weighted by Gasteiger charge is 2.17. The van der Waals surface area contributed by atoms with Crippen LogP contribution in [0.15, 0.2) is 23.3 Å². The van der Waals surface area contributed by atoms with E-state index in [-0.39, 0.29) is 23.1 Å². The maximum atomic E-state index is 11.6. The fraction of sp³-hybridized carbons (Fsp3) is 0.455. The number of hydrogen-bond acceptors (Lipinski definition) is 2. The third-order valence-corrected chi connectivity index (χ3v) is 2.57. The average Bonchev–Trinajstić information content (AvgIpc) is 2.67. The van der Waals surface area contributed by atoms with Crippen LogP contribution in [-0.2, 0) is 9.59 Å². The molecule has 0 radical (unpaired) electrons. The van der Waals surface area contributed by atoms with Gasteiger partial charge in [0, 0.05) is 17.2 Å². The van der Waals surface area contributed by atoms with E-state index >= 15 is 0 Å². The van der Waals surface area contributed by atoms with E-state index in [4.69, 9.17) is 5.11 Å². The summed E-state index contributed by atoms with van der Waals surface area (Å²) in [6.07, 6.45) is 5.67. The molecule has 0 aromatic heterocycles. The molecule has 1 aliphatic carbocycles. The van der Waals surface area contributed by atoms with E-state index in [1.807, 2.05) is 12.2 Å². The first kappa shape index (κ1) is 11.5. The van der Waals surface area contributed by atoms with Gasteiger partial charge >= 0.3 is 5.97 Å². The highest BCUT2D eigenvalue weighted by Crippen LogP contribution is 2.11. The van der Waals surface area contributed by atoms with Crippen LogP contribution in [0, 0.1) is 0 Å². The maximum absolute atomic E-state index is 11.6. The minimum Gasteiger partial charge on any atom is -0.478 e. The van der Waals surface area contributed by atoms with Crippen LogP contribution < -0.4 is 5.32 Å². The Morgan fingerprint density at radius 3 is 2.20 bits per heavy atom. The van der Waals surface area contributed by atoms with Gasteiger partial charge in [-0.3, -0.25) is 4.79 Å². The number of carboxylic acid groups (broad SMARTS) is 1. The number of carbonyl (C=O) groups is 2. The summed E-state index contributed by atoms with van der Waals surface area (Å²) in [5.74, 6) is -1.34. The Bertz CT molecular complexity index is 334. The summed E-state index contributed by atoms with van der Waals surface area (Å²) in [6.45, 7) is 2.96. The van der Waals surface area contributed by atoms with Crippen molar-refractivity contribution in [3.8, 4) is 0 Å². The van der Waals surface area contributed by atoms with Crippen molar-refractivity contribution in [3.05, 3.63) is 23.3 Å². The third-order valence-electron chi connectivity index (χ3n) is 2.57. The van der Waals surface area contributed by atoms with Gasteiger partial charge in [0.25, 0.3) is 0 Å². The zero-order valence-corrected chi connectivity index (χ0v) is 8.91. The van der Waals surface area contributed by atoms with Crippen molar-refractivity contribution in [2.24, 2.45) is 0 Å². The predicted octanol–water partition coefficient (Wildman–Crippen LogP) is 1.24. The predicted molar refractivity (Wildman–Crippen MR) is 56.3 cm³/mol. The van der Waals surface area contributed by atoms with Gasteiger partial charge in [-0.25, -0.2) is 4.79 Å². The van der Waals surface area contributed by atoms with E-state index < -0.39 is 5.97 Å². The second kappa shape index (κ2) is 4.77. The van der Waals surface area contributed by atoms with Gasteiger partial charge in [0.2, 0.25) is 5.91 Å². The molecule has 1 aliphatic rings. The van der Waals surface area contributed by atoms with Gasteiger partial charge in [-0.15, -0.1) is 0 Å². The van der Waals surface area contributed by atoms with Crippen molar-refractivity contribution in [2.45, 2.75) is 32.7 Å². The monoisotopic (exact) mass is 209 g/mol.